The average Bonchev–Trinajstić information content (AvgIpc) is 3.54. The largest absolute Gasteiger partial charge is 0.530 e. The smallest absolute Gasteiger partial charge is 0.408 e. The van der Waals surface area contributed by atoms with E-state index in [1.165, 1.54) is 0 Å². The lowest BCUT2D eigenvalue weighted by Gasteiger charge is -2.26. The second kappa shape index (κ2) is 22.3. The van der Waals surface area contributed by atoms with Gasteiger partial charge in [-0.05, 0) is 85.0 Å². The Hall–Kier alpha value is -9.53. The molecule has 0 radical (unpaired) electrons. The van der Waals surface area contributed by atoms with Crippen LogP contribution < -0.4 is 13.6 Å². The van der Waals surface area contributed by atoms with Crippen LogP contribution in [0.5, 0.6) is 17.2 Å². The Balaban J connectivity index is 1.12. The zero-order valence-electron chi connectivity index (χ0n) is 41.6. The minimum Gasteiger partial charge on any atom is -0.408 e. The van der Waals surface area contributed by atoms with Crippen molar-refractivity contribution < 1.29 is 13.6 Å². The molecule has 0 bridgehead atoms. The van der Waals surface area contributed by atoms with Crippen LogP contribution in [0.1, 0.15) is 0 Å². The maximum Gasteiger partial charge on any atom is 0.530 e. The third kappa shape index (κ3) is 9.96. The van der Waals surface area contributed by atoms with Crippen LogP contribution in [0, 0.1) is 0 Å². The molecule has 0 aliphatic heterocycles. The zero-order valence-corrected chi connectivity index (χ0v) is 42.5. The highest BCUT2D eigenvalue weighted by Gasteiger charge is 2.31. The van der Waals surface area contributed by atoms with Gasteiger partial charge >= 0.3 is 8.60 Å². The van der Waals surface area contributed by atoms with Gasteiger partial charge in [0.1, 0.15) is 17.2 Å². The van der Waals surface area contributed by atoms with E-state index in [9.17, 15) is 0 Å². The summed E-state index contributed by atoms with van der Waals surface area (Å²) >= 11 is 0. The molecule has 12 aromatic rings. The first-order chi connectivity index (χ1) is 37.7. The van der Waals surface area contributed by atoms with Gasteiger partial charge in [0, 0.05) is 33.4 Å². The molecule has 12 rings (SSSR count). The summed E-state index contributed by atoms with van der Waals surface area (Å²) in [4.78, 5) is 0. The molecule has 0 aromatic heterocycles. The molecule has 0 aliphatic carbocycles. The first-order valence-electron chi connectivity index (χ1n) is 25.6. The predicted molar refractivity (Wildman–Crippen MR) is 317 cm³/mol. The first-order valence-corrected chi connectivity index (χ1v) is 26.7. The molecular formula is C72H51O3P. The molecule has 0 aliphatic rings. The van der Waals surface area contributed by atoms with Gasteiger partial charge in [-0.1, -0.05) is 291 Å². The van der Waals surface area contributed by atoms with Gasteiger partial charge in [-0.15, -0.1) is 0 Å². The van der Waals surface area contributed by atoms with Crippen LogP contribution >= 0.6 is 8.60 Å². The number of benzene rings is 12. The molecule has 0 heterocycles. The summed E-state index contributed by atoms with van der Waals surface area (Å²) in [5.74, 6) is 1.85. The van der Waals surface area contributed by atoms with Crippen LogP contribution in [0.2, 0.25) is 0 Å². The lowest BCUT2D eigenvalue weighted by molar-refractivity contribution is 0.390. The van der Waals surface area contributed by atoms with Crippen LogP contribution in [0.25, 0.3) is 100 Å². The van der Waals surface area contributed by atoms with E-state index in [1.807, 2.05) is 0 Å². The molecule has 0 amide bonds. The summed E-state index contributed by atoms with van der Waals surface area (Å²) in [6.07, 6.45) is 0. The monoisotopic (exact) mass is 994 g/mol. The fourth-order valence-corrected chi connectivity index (χ4v) is 11.3. The van der Waals surface area contributed by atoms with Crippen molar-refractivity contribution in [3.05, 3.63) is 309 Å². The summed E-state index contributed by atoms with van der Waals surface area (Å²) < 4.78 is 22.8. The van der Waals surface area contributed by atoms with Crippen LogP contribution in [0.3, 0.4) is 0 Å². The Kier molecular flexibility index (Phi) is 13.9. The molecule has 76 heavy (non-hydrogen) atoms. The van der Waals surface area contributed by atoms with Crippen LogP contribution in [0.4, 0.5) is 0 Å². The molecule has 0 unspecified atom stereocenters. The lowest BCUT2D eigenvalue weighted by Crippen LogP contribution is -2.07. The highest BCUT2D eigenvalue weighted by atomic mass is 31.2. The molecule has 0 saturated carbocycles. The number of hydrogen-bond donors (Lipinski definition) is 0. The second-order valence-electron chi connectivity index (χ2n) is 18.4. The fraction of sp³-hybridized carbons (Fsp3) is 0. The summed E-state index contributed by atoms with van der Waals surface area (Å²) in [5.41, 5.74) is 18.6. The molecule has 4 heteroatoms. The SMILES string of the molecule is c1ccc(-c2ccc(OP(Oc3ccc(-c4ccccc4)c(-c4ccccc4)c3-c3ccccc3)Oc3ccc(-c4ccccc4)c(-c4ccccc4)c3-c3ccccc3)c(-c3ccccc3)c2-c2ccccc2)cc1. The predicted octanol–water partition coefficient (Wildman–Crippen LogP) is 20.5. The molecule has 0 N–H and O–H groups in total. The highest BCUT2D eigenvalue weighted by Crippen LogP contribution is 2.56. The van der Waals surface area contributed by atoms with Crippen molar-refractivity contribution in [2.45, 2.75) is 0 Å². The third-order valence-electron chi connectivity index (χ3n) is 13.6. The van der Waals surface area contributed by atoms with Gasteiger partial charge in [0.05, 0.1) is 0 Å². The molecule has 0 spiro atoms. The second-order valence-corrected chi connectivity index (χ2v) is 19.4. The third-order valence-corrected chi connectivity index (χ3v) is 14.7. The molecule has 0 atom stereocenters. The fourth-order valence-electron chi connectivity index (χ4n) is 10.2. The van der Waals surface area contributed by atoms with Crippen molar-refractivity contribution in [1.82, 2.24) is 0 Å². The van der Waals surface area contributed by atoms with E-state index in [-0.39, 0.29) is 0 Å². The van der Waals surface area contributed by atoms with Crippen LogP contribution in [0.15, 0.2) is 309 Å². The minimum absolute atomic E-state index is 0.617. The highest BCUT2D eigenvalue weighted by molar-refractivity contribution is 7.43. The number of hydrogen-bond acceptors (Lipinski definition) is 3. The van der Waals surface area contributed by atoms with Gasteiger partial charge in [0.25, 0.3) is 0 Å². The van der Waals surface area contributed by atoms with Crippen molar-refractivity contribution in [3.63, 3.8) is 0 Å². The summed E-state index contributed by atoms with van der Waals surface area (Å²) in [6.45, 7) is 0. The van der Waals surface area contributed by atoms with E-state index in [2.05, 4.69) is 309 Å². The van der Waals surface area contributed by atoms with Crippen molar-refractivity contribution >= 4 is 8.60 Å². The maximum atomic E-state index is 7.58. The maximum absolute atomic E-state index is 7.58. The summed E-state index contributed by atoms with van der Waals surface area (Å²) in [7, 11) is -2.34. The van der Waals surface area contributed by atoms with Gasteiger partial charge in [0.2, 0.25) is 0 Å². The van der Waals surface area contributed by atoms with E-state index in [0.717, 1.165) is 100 Å². The lowest BCUT2D eigenvalue weighted by atomic mass is 9.87. The van der Waals surface area contributed by atoms with Crippen LogP contribution in [-0.4, -0.2) is 0 Å². The van der Waals surface area contributed by atoms with E-state index in [4.69, 9.17) is 13.6 Å². The van der Waals surface area contributed by atoms with Gasteiger partial charge in [-0.3, -0.25) is 0 Å². The Morgan fingerprint density at radius 2 is 0.329 bits per heavy atom. The van der Waals surface area contributed by atoms with E-state index >= 15 is 0 Å². The van der Waals surface area contributed by atoms with Crippen molar-refractivity contribution in [2.24, 2.45) is 0 Å². The Labute approximate surface area is 446 Å². The first kappa shape index (κ1) is 47.5. The average molecular weight is 995 g/mol. The van der Waals surface area contributed by atoms with Gasteiger partial charge in [0.15, 0.2) is 0 Å². The van der Waals surface area contributed by atoms with E-state index in [1.54, 1.807) is 0 Å². The van der Waals surface area contributed by atoms with Gasteiger partial charge in [-0.2, -0.15) is 0 Å². The van der Waals surface area contributed by atoms with Gasteiger partial charge in [-0.25, -0.2) is 0 Å². The van der Waals surface area contributed by atoms with Crippen molar-refractivity contribution in [3.8, 4) is 117 Å². The molecule has 0 fully saturated rings. The standard InChI is InChI=1S/C72H51O3P/c1-10-28-52(29-11-1)61-46-49-64(70(58-40-22-7-23-41-58)67(61)55-34-16-4-17-35-55)73-76(74-65-50-47-62(53-30-12-2-13-31-53)68(56-36-18-5-19-37-56)71(65)59-42-24-8-25-43-59)75-66-51-48-63(54-32-14-3-15-33-54)69(57-38-20-6-21-39-57)72(66)60-44-26-9-27-45-60/h1-51H. The Morgan fingerprint density at radius 1 is 0.158 bits per heavy atom. The summed E-state index contributed by atoms with van der Waals surface area (Å²) in [6, 6.07) is 108. The van der Waals surface area contributed by atoms with E-state index < -0.39 is 8.60 Å². The van der Waals surface area contributed by atoms with E-state index in [0.29, 0.717) is 17.2 Å². The molecule has 3 nitrogen and oxygen atoms in total. The topological polar surface area (TPSA) is 27.7 Å². The molecule has 0 saturated heterocycles. The Bertz CT molecular complexity index is 3430. The minimum atomic E-state index is -2.34. The molecule has 12 aromatic carbocycles. The molecular weight excluding hydrogens is 944 g/mol. The number of rotatable bonds is 15. The summed E-state index contributed by atoms with van der Waals surface area (Å²) in [5, 5.41) is 0. The van der Waals surface area contributed by atoms with Gasteiger partial charge < -0.3 is 13.6 Å². The van der Waals surface area contributed by atoms with Crippen molar-refractivity contribution in [1.29, 1.82) is 0 Å². The zero-order chi connectivity index (χ0) is 50.9. The Morgan fingerprint density at radius 3 is 0.526 bits per heavy atom. The van der Waals surface area contributed by atoms with Crippen LogP contribution in [-0.2, 0) is 0 Å². The quantitative estimate of drug-likeness (QED) is 0.0958. The normalized spacial score (nSPS) is 11.0. The van der Waals surface area contributed by atoms with Crippen molar-refractivity contribution in [2.75, 3.05) is 0 Å². The molecule has 362 valence electrons.